The van der Waals surface area contributed by atoms with Crippen LogP contribution in [0, 0.1) is 22.7 Å². The van der Waals surface area contributed by atoms with Crippen molar-refractivity contribution >= 4 is 45.0 Å². The van der Waals surface area contributed by atoms with Crippen LogP contribution in [0.1, 0.15) is 36.8 Å². The van der Waals surface area contributed by atoms with Gasteiger partial charge in [0.05, 0.1) is 44.7 Å². The topological polar surface area (TPSA) is 172 Å². The van der Waals surface area contributed by atoms with Gasteiger partial charge in [0.1, 0.15) is 22.9 Å². The fourth-order valence-electron chi connectivity index (χ4n) is 8.35. The zero-order chi connectivity index (χ0) is 41.2. The number of phenols is 1. The number of nitriles is 2. The summed E-state index contributed by atoms with van der Waals surface area (Å²) in [4.78, 5) is 6.98. The predicted molar refractivity (Wildman–Crippen MR) is 229 cm³/mol. The number of halogens is 1. The lowest BCUT2D eigenvalue weighted by molar-refractivity contribution is 0.197. The number of aryl methyl sites for hydroxylation is 1. The second kappa shape index (κ2) is 17.1. The number of nitrogens with one attached hydrogen (secondary N) is 2. The number of fused-ring (bicyclic) bond motifs is 2. The third kappa shape index (κ3) is 8.33. The average molecular weight is 814 g/mol. The number of hydrogen-bond donors (Lipinski definition) is 3. The Morgan fingerprint density at radius 1 is 0.864 bits per heavy atom. The highest BCUT2D eigenvalue weighted by molar-refractivity contribution is 6.37. The monoisotopic (exact) mass is 813 g/mol. The third-order valence-electron chi connectivity index (χ3n) is 11.3. The lowest BCUT2D eigenvalue weighted by atomic mass is 10.0. The third-order valence-corrected chi connectivity index (χ3v) is 11.6. The summed E-state index contributed by atoms with van der Waals surface area (Å²) in [6.45, 7) is 5.86. The first kappa shape index (κ1) is 39.8. The largest absolute Gasteiger partial charge is 0.507 e. The van der Waals surface area contributed by atoms with Gasteiger partial charge in [-0.2, -0.15) is 10.5 Å². The second-order valence-electron chi connectivity index (χ2n) is 15.9. The van der Waals surface area contributed by atoms with E-state index in [0.717, 1.165) is 86.8 Å². The maximum Gasteiger partial charge on any atom is 0.173 e. The lowest BCUT2D eigenvalue weighted by Gasteiger charge is -2.34. The Morgan fingerprint density at radius 2 is 1.54 bits per heavy atom. The van der Waals surface area contributed by atoms with Gasteiger partial charge in [-0.15, -0.1) is 20.4 Å². The summed E-state index contributed by atoms with van der Waals surface area (Å²) in [6, 6.07) is 16.6. The molecule has 0 spiro atoms. The number of aromatic nitrogens is 6. The number of rotatable bonds is 12. The molecule has 0 saturated carbocycles. The van der Waals surface area contributed by atoms with Crippen molar-refractivity contribution in [3.05, 3.63) is 71.0 Å². The number of hydrogen-bond acceptors (Lipinski definition) is 13. The molecule has 59 heavy (non-hydrogen) atoms. The van der Waals surface area contributed by atoms with Gasteiger partial charge in [-0.25, -0.2) is 0 Å². The van der Waals surface area contributed by atoms with Crippen molar-refractivity contribution < 1.29 is 9.84 Å². The molecule has 0 aliphatic carbocycles. The number of likely N-dealkylation sites (N-methyl/N-ethyl adjacent to an activating group) is 2. The van der Waals surface area contributed by atoms with Crippen LogP contribution in [-0.4, -0.2) is 122 Å². The highest BCUT2D eigenvalue weighted by Gasteiger charge is 2.26. The number of piperidine rings is 2. The predicted octanol–water partition coefficient (Wildman–Crippen LogP) is 6.13. The van der Waals surface area contributed by atoms with Crippen molar-refractivity contribution in [2.24, 2.45) is 7.05 Å². The number of anilines is 2. The van der Waals surface area contributed by atoms with Gasteiger partial charge in [-0.3, -0.25) is 0 Å². The summed E-state index contributed by atoms with van der Waals surface area (Å²) < 4.78 is 10.6. The molecule has 0 bridgehead atoms. The molecular weight excluding hydrogens is 766 g/mol. The lowest BCUT2D eigenvalue weighted by Crippen LogP contribution is -2.44. The summed E-state index contributed by atoms with van der Waals surface area (Å²) in [6.07, 6.45) is 7.92. The van der Waals surface area contributed by atoms with E-state index in [0.29, 0.717) is 56.0 Å². The molecule has 4 aromatic heterocycles. The van der Waals surface area contributed by atoms with Crippen molar-refractivity contribution in [1.82, 2.24) is 44.2 Å². The molecule has 0 amide bonds. The molecular formula is C43H48ClN13O2. The fraction of sp³-hybridized carbons (Fsp3) is 0.395. The van der Waals surface area contributed by atoms with Crippen molar-refractivity contribution in [3.63, 3.8) is 0 Å². The minimum Gasteiger partial charge on any atom is -0.507 e. The SMILES string of the molecule is CN(C)CCN1CCC[C@@H](Nc2nnc(-c3ccc(C#N)cc3O)c3ccn(COc4cc(C#N)ccc4-c4nnc(N[C@@H]5CCCN(C)C5)c5c4c(Cl)cn5C)c23)C1. The average Bonchev–Trinajstić information content (AvgIpc) is 3.80. The van der Waals surface area contributed by atoms with E-state index in [1.54, 1.807) is 24.3 Å². The molecule has 2 saturated heterocycles. The van der Waals surface area contributed by atoms with Gasteiger partial charge in [-0.05, 0) is 102 Å². The molecule has 6 aromatic rings. The zero-order valence-electron chi connectivity index (χ0n) is 33.8. The van der Waals surface area contributed by atoms with Crippen LogP contribution < -0.4 is 15.4 Å². The molecule has 304 valence electrons. The van der Waals surface area contributed by atoms with Crippen LogP contribution in [0.5, 0.6) is 11.5 Å². The molecule has 0 unspecified atom stereocenters. The molecule has 2 fully saturated rings. The summed E-state index contributed by atoms with van der Waals surface area (Å²) >= 11 is 6.96. The summed E-state index contributed by atoms with van der Waals surface area (Å²) in [7, 11) is 8.25. The Morgan fingerprint density at radius 3 is 2.25 bits per heavy atom. The van der Waals surface area contributed by atoms with E-state index in [-0.39, 0.29) is 24.6 Å². The van der Waals surface area contributed by atoms with Crippen molar-refractivity contribution in [1.29, 1.82) is 10.5 Å². The highest BCUT2D eigenvalue weighted by atomic mass is 35.5. The zero-order valence-corrected chi connectivity index (χ0v) is 34.5. The van der Waals surface area contributed by atoms with Crippen LogP contribution >= 0.6 is 11.6 Å². The van der Waals surface area contributed by atoms with Gasteiger partial charge in [-0.1, -0.05) is 11.6 Å². The van der Waals surface area contributed by atoms with Gasteiger partial charge in [0.25, 0.3) is 0 Å². The standard InChI is InChI=1S/C43H48ClN13O2/c1-53(2)17-18-56-15-6-8-30(24-56)48-42-40-33(38(49-51-42)31-11-9-27(21-45)19-35(31)58)13-16-57(40)26-59-36-20-28(22-46)10-12-32(36)39-37-34(44)25-55(4)41(37)43(52-50-39)47-29-7-5-14-54(3)23-29/h9-13,16,19-20,25,29-30,58H,5-8,14-15,17-18,23-24,26H2,1-4H3,(H,47,52)(H,48,51)/t29-,30-/m1/s1. The minimum absolute atomic E-state index is 0.0398. The van der Waals surface area contributed by atoms with E-state index < -0.39 is 0 Å². The Hall–Kier alpha value is -5.97. The molecule has 2 aromatic carbocycles. The Kier molecular flexibility index (Phi) is 11.5. The second-order valence-corrected chi connectivity index (χ2v) is 16.3. The summed E-state index contributed by atoms with van der Waals surface area (Å²) in [5.74, 6) is 1.62. The fourth-order valence-corrected chi connectivity index (χ4v) is 8.68. The Balaban J connectivity index is 1.16. The summed E-state index contributed by atoms with van der Waals surface area (Å²) in [5, 5.41) is 58.6. The van der Waals surface area contributed by atoms with Gasteiger partial charge in [0.2, 0.25) is 0 Å². The van der Waals surface area contributed by atoms with Crippen LogP contribution in [0.3, 0.4) is 0 Å². The Bertz CT molecular complexity index is 2590. The van der Waals surface area contributed by atoms with E-state index in [4.69, 9.17) is 31.6 Å². The van der Waals surface area contributed by atoms with E-state index in [2.05, 4.69) is 63.7 Å². The normalized spacial score (nSPS) is 17.6. The number of phenolic OH excluding ortho intramolecular Hbond substituents is 1. The molecule has 3 N–H and O–H groups in total. The van der Waals surface area contributed by atoms with E-state index in [9.17, 15) is 15.6 Å². The number of aromatic hydroxyl groups is 1. The quantitative estimate of drug-likeness (QED) is 0.129. The number of benzene rings is 2. The van der Waals surface area contributed by atoms with E-state index in [1.807, 2.05) is 40.7 Å². The summed E-state index contributed by atoms with van der Waals surface area (Å²) in [5.41, 5.74) is 4.43. The maximum absolute atomic E-state index is 11.0. The van der Waals surface area contributed by atoms with E-state index >= 15 is 0 Å². The van der Waals surface area contributed by atoms with Gasteiger partial charge < -0.3 is 44.3 Å². The van der Waals surface area contributed by atoms with Crippen LogP contribution in [-0.2, 0) is 13.8 Å². The number of likely N-dealkylation sites (tertiary alicyclic amines) is 2. The van der Waals surface area contributed by atoms with E-state index in [1.165, 1.54) is 6.07 Å². The molecule has 2 aliphatic rings. The van der Waals surface area contributed by atoms with Crippen LogP contribution in [0.4, 0.5) is 11.6 Å². The first-order valence-corrected chi connectivity index (χ1v) is 20.3. The van der Waals surface area contributed by atoms with Crippen LogP contribution in [0.25, 0.3) is 44.3 Å². The van der Waals surface area contributed by atoms with Gasteiger partial charge in [0.15, 0.2) is 18.4 Å². The molecule has 2 atom stereocenters. The highest BCUT2D eigenvalue weighted by Crippen LogP contribution is 2.41. The van der Waals surface area contributed by atoms with Crippen molar-refractivity contribution in [2.45, 2.75) is 44.5 Å². The molecule has 2 aliphatic heterocycles. The Labute approximate surface area is 348 Å². The molecule has 8 rings (SSSR count). The number of nitrogens with zero attached hydrogens (tertiary/aromatic N) is 11. The minimum atomic E-state index is -0.0644. The first-order chi connectivity index (χ1) is 28.6. The van der Waals surface area contributed by atoms with Crippen LogP contribution in [0.2, 0.25) is 5.02 Å². The molecule has 0 radical (unpaired) electrons. The van der Waals surface area contributed by atoms with Crippen molar-refractivity contribution in [3.8, 4) is 46.2 Å². The molecule has 6 heterocycles. The number of ether oxygens (including phenoxy) is 1. The maximum atomic E-state index is 11.0. The van der Waals surface area contributed by atoms with Gasteiger partial charge >= 0.3 is 0 Å². The van der Waals surface area contributed by atoms with Gasteiger partial charge in [0, 0.05) is 74.2 Å². The molecule has 15 nitrogen and oxygen atoms in total. The first-order valence-electron chi connectivity index (χ1n) is 20.0. The van der Waals surface area contributed by atoms with Crippen LogP contribution in [0.15, 0.2) is 54.9 Å². The van der Waals surface area contributed by atoms with Crippen molar-refractivity contribution in [2.75, 3.05) is 71.0 Å². The smallest absolute Gasteiger partial charge is 0.173 e. The molecule has 16 heteroatoms.